The van der Waals surface area contributed by atoms with Crippen molar-refractivity contribution >= 4 is 0 Å². The van der Waals surface area contributed by atoms with Crippen LogP contribution in [0.15, 0.2) is 18.2 Å². The molecule has 1 heterocycles. The molecule has 0 aliphatic heterocycles. The Bertz CT molecular complexity index is 660. The summed E-state index contributed by atoms with van der Waals surface area (Å²) in [5.41, 5.74) is 0.926. The van der Waals surface area contributed by atoms with Crippen LogP contribution in [0.3, 0.4) is 0 Å². The predicted octanol–water partition coefficient (Wildman–Crippen LogP) is 1.84. The van der Waals surface area contributed by atoms with E-state index in [-0.39, 0.29) is 11.4 Å². The van der Waals surface area contributed by atoms with Gasteiger partial charge in [0.25, 0.3) is 0 Å². The van der Waals surface area contributed by atoms with Crippen LogP contribution in [0.5, 0.6) is 11.5 Å². The summed E-state index contributed by atoms with van der Waals surface area (Å²) in [4.78, 5) is 6.86. The van der Waals surface area contributed by atoms with Crippen LogP contribution in [0.25, 0.3) is 11.4 Å². The topological polar surface area (TPSA) is 94.7 Å². The van der Waals surface area contributed by atoms with Crippen molar-refractivity contribution in [1.82, 2.24) is 9.97 Å². The number of H-pyrrole nitrogens is 1. The molecule has 6 nitrogen and oxygen atoms in total. The molecule has 94 valence electrons. The van der Waals surface area contributed by atoms with Gasteiger partial charge in [0.1, 0.15) is 18.0 Å². The van der Waals surface area contributed by atoms with Crippen LogP contribution in [0.4, 0.5) is 0 Å². The quantitative estimate of drug-likeness (QED) is 0.901. The first-order valence-corrected chi connectivity index (χ1v) is 5.36. The zero-order valence-electron chi connectivity index (χ0n) is 10.4. The molecule has 0 unspecified atom stereocenters. The Balaban J connectivity index is 2.51. The van der Waals surface area contributed by atoms with Crippen LogP contribution < -0.4 is 9.47 Å². The number of nitriles is 2. The van der Waals surface area contributed by atoms with Gasteiger partial charge in [-0.1, -0.05) is 0 Å². The van der Waals surface area contributed by atoms with Crippen molar-refractivity contribution in [1.29, 1.82) is 10.5 Å². The van der Waals surface area contributed by atoms with Gasteiger partial charge >= 0.3 is 0 Å². The molecule has 0 radical (unpaired) electrons. The van der Waals surface area contributed by atoms with E-state index in [0.29, 0.717) is 22.9 Å². The Labute approximate surface area is 109 Å². The van der Waals surface area contributed by atoms with Crippen molar-refractivity contribution < 1.29 is 9.47 Å². The lowest BCUT2D eigenvalue weighted by molar-refractivity contribution is 0.355. The minimum absolute atomic E-state index is 0.0762. The highest BCUT2D eigenvalue weighted by molar-refractivity contribution is 5.63. The molecule has 6 heteroatoms. The summed E-state index contributed by atoms with van der Waals surface area (Å²) in [6, 6.07) is 8.98. The minimum atomic E-state index is 0.0762. The van der Waals surface area contributed by atoms with E-state index in [9.17, 15) is 0 Å². The van der Waals surface area contributed by atoms with E-state index < -0.39 is 0 Å². The lowest BCUT2D eigenvalue weighted by atomic mass is 10.2. The molecule has 0 spiro atoms. The number of aromatic nitrogens is 2. The van der Waals surface area contributed by atoms with Gasteiger partial charge in [-0.15, -0.1) is 0 Å². The van der Waals surface area contributed by atoms with Crippen LogP contribution in [0.2, 0.25) is 0 Å². The van der Waals surface area contributed by atoms with Crippen molar-refractivity contribution in [2.45, 2.75) is 0 Å². The maximum atomic E-state index is 8.88. The van der Waals surface area contributed by atoms with Gasteiger partial charge in [-0.3, -0.25) is 0 Å². The standard InChI is InChI=1S/C13H10N4O2/c1-18-11-4-3-8(5-12(11)19-2)13-16-9(6-14)10(7-15)17-13/h3-5H,1-2H3,(H,16,17). The van der Waals surface area contributed by atoms with Crippen molar-refractivity contribution in [2.24, 2.45) is 0 Å². The van der Waals surface area contributed by atoms with Crippen LogP contribution in [-0.4, -0.2) is 24.2 Å². The van der Waals surface area contributed by atoms with Gasteiger partial charge in [0, 0.05) is 5.56 Å². The molecule has 0 aliphatic carbocycles. The highest BCUT2D eigenvalue weighted by Gasteiger charge is 2.13. The number of benzene rings is 1. The van der Waals surface area contributed by atoms with Gasteiger partial charge in [-0.05, 0) is 18.2 Å². The third-order valence-electron chi connectivity index (χ3n) is 2.58. The number of hydrogen-bond donors (Lipinski definition) is 1. The number of ether oxygens (including phenoxy) is 2. The fraction of sp³-hybridized carbons (Fsp3) is 0.154. The number of nitrogens with zero attached hydrogens (tertiary/aromatic N) is 3. The Morgan fingerprint density at radius 3 is 2.37 bits per heavy atom. The second-order valence-electron chi connectivity index (χ2n) is 3.60. The molecule has 0 amide bonds. The average molecular weight is 254 g/mol. The normalized spacial score (nSPS) is 9.47. The number of methoxy groups -OCH3 is 2. The molecule has 0 saturated carbocycles. The molecule has 0 fully saturated rings. The number of aromatic amines is 1. The van der Waals surface area contributed by atoms with Crippen molar-refractivity contribution in [3.63, 3.8) is 0 Å². The summed E-state index contributed by atoms with van der Waals surface area (Å²) in [7, 11) is 3.08. The van der Waals surface area contributed by atoms with E-state index in [4.69, 9.17) is 20.0 Å². The molecule has 1 aromatic carbocycles. The van der Waals surface area contributed by atoms with E-state index in [1.807, 2.05) is 12.1 Å². The number of hydrogen-bond acceptors (Lipinski definition) is 5. The van der Waals surface area contributed by atoms with Crippen molar-refractivity contribution in [3.8, 4) is 35.0 Å². The first-order valence-electron chi connectivity index (χ1n) is 5.36. The highest BCUT2D eigenvalue weighted by Crippen LogP contribution is 2.31. The minimum Gasteiger partial charge on any atom is -0.493 e. The lowest BCUT2D eigenvalue weighted by Gasteiger charge is -2.08. The molecule has 0 bridgehead atoms. The van der Waals surface area contributed by atoms with Crippen LogP contribution in [0.1, 0.15) is 11.4 Å². The van der Waals surface area contributed by atoms with Crippen molar-refractivity contribution in [3.05, 3.63) is 29.6 Å². The molecule has 0 atom stereocenters. The predicted molar refractivity (Wildman–Crippen MR) is 66.6 cm³/mol. The molecular formula is C13H10N4O2. The van der Waals surface area contributed by atoms with Gasteiger partial charge < -0.3 is 14.5 Å². The fourth-order valence-corrected chi connectivity index (χ4v) is 1.66. The van der Waals surface area contributed by atoms with E-state index >= 15 is 0 Å². The number of nitrogens with one attached hydrogen (secondary N) is 1. The zero-order valence-corrected chi connectivity index (χ0v) is 10.4. The maximum absolute atomic E-state index is 8.88. The lowest BCUT2D eigenvalue weighted by Crippen LogP contribution is -1.91. The Morgan fingerprint density at radius 1 is 1.11 bits per heavy atom. The second kappa shape index (κ2) is 5.11. The van der Waals surface area contributed by atoms with E-state index in [0.717, 1.165) is 0 Å². The number of imidazole rings is 1. The van der Waals surface area contributed by atoms with E-state index in [1.165, 1.54) is 7.11 Å². The summed E-state index contributed by atoms with van der Waals surface area (Å²) in [5.74, 6) is 1.58. The molecule has 2 aromatic rings. The Hall–Kier alpha value is -2.99. The Kier molecular flexibility index (Phi) is 3.35. The molecule has 2 rings (SSSR count). The Morgan fingerprint density at radius 2 is 1.84 bits per heavy atom. The van der Waals surface area contributed by atoms with Gasteiger partial charge in [-0.25, -0.2) is 4.98 Å². The summed E-state index contributed by atoms with van der Waals surface area (Å²) in [6.45, 7) is 0. The summed E-state index contributed by atoms with van der Waals surface area (Å²) in [6.07, 6.45) is 0. The van der Waals surface area contributed by atoms with Crippen LogP contribution in [-0.2, 0) is 0 Å². The summed E-state index contributed by atoms with van der Waals surface area (Å²) in [5, 5.41) is 17.7. The van der Waals surface area contributed by atoms with Gasteiger partial charge in [0.2, 0.25) is 0 Å². The maximum Gasteiger partial charge on any atom is 0.177 e. The van der Waals surface area contributed by atoms with Crippen LogP contribution >= 0.6 is 0 Å². The molecular weight excluding hydrogens is 244 g/mol. The summed E-state index contributed by atoms with van der Waals surface area (Å²) < 4.78 is 10.3. The molecule has 1 N–H and O–H groups in total. The van der Waals surface area contributed by atoms with Crippen LogP contribution in [0, 0.1) is 22.7 Å². The first-order chi connectivity index (χ1) is 9.23. The summed E-state index contributed by atoms with van der Waals surface area (Å²) >= 11 is 0. The largest absolute Gasteiger partial charge is 0.493 e. The second-order valence-corrected chi connectivity index (χ2v) is 3.60. The highest BCUT2D eigenvalue weighted by atomic mass is 16.5. The van der Waals surface area contributed by atoms with Gasteiger partial charge in [0.15, 0.2) is 22.9 Å². The zero-order chi connectivity index (χ0) is 13.8. The average Bonchev–Trinajstić information content (AvgIpc) is 2.89. The SMILES string of the molecule is COc1ccc(-c2nc(C#N)c(C#N)[nH]2)cc1OC. The number of rotatable bonds is 3. The van der Waals surface area contributed by atoms with Gasteiger partial charge in [0.05, 0.1) is 14.2 Å². The third-order valence-corrected chi connectivity index (χ3v) is 2.58. The van der Waals surface area contributed by atoms with Crippen molar-refractivity contribution in [2.75, 3.05) is 14.2 Å². The smallest absolute Gasteiger partial charge is 0.177 e. The fourth-order valence-electron chi connectivity index (χ4n) is 1.66. The van der Waals surface area contributed by atoms with E-state index in [2.05, 4.69) is 9.97 Å². The molecule has 1 aromatic heterocycles. The molecule has 0 aliphatic rings. The first kappa shape index (κ1) is 12.5. The van der Waals surface area contributed by atoms with Gasteiger partial charge in [-0.2, -0.15) is 10.5 Å². The molecule has 0 saturated heterocycles. The van der Waals surface area contributed by atoms with E-state index in [1.54, 1.807) is 25.3 Å². The monoisotopic (exact) mass is 254 g/mol. The third kappa shape index (κ3) is 2.20. The molecule has 19 heavy (non-hydrogen) atoms.